The fourth-order valence-corrected chi connectivity index (χ4v) is 3.03. The van der Waals surface area contributed by atoms with Crippen molar-refractivity contribution in [1.29, 1.82) is 0 Å². The van der Waals surface area contributed by atoms with E-state index in [-0.39, 0.29) is 6.04 Å². The quantitative estimate of drug-likeness (QED) is 0.822. The Bertz CT molecular complexity index is 543. The molecular formula is C15H16Br2N2. The maximum Gasteiger partial charge on any atom is 0.0718 e. The predicted molar refractivity (Wildman–Crippen MR) is 86.2 cm³/mol. The third kappa shape index (κ3) is 3.88. The molecule has 1 aromatic carbocycles. The van der Waals surface area contributed by atoms with Gasteiger partial charge >= 0.3 is 0 Å². The van der Waals surface area contributed by atoms with Crippen LogP contribution < -0.4 is 5.32 Å². The van der Waals surface area contributed by atoms with Crippen LogP contribution in [0.25, 0.3) is 0 Å². The van der Waals surface area contributed by atoms with Crippen LogP contribution in [0.4, 0.5) is 0 Å². The van der Waals surface area contributed by atoms with Gasteiger partial charge in [-0.15, -0.1) is 0 Å². The molecule has 2 rings (SSSR count). The molecule has 1 unspecified atom stereocenters. The van der Waals surface area contributed by atoms with Crippen LogP contribution in [0.2, 0.25) is 0 Å². The van der Waals surface area contributed by atoms with E-state index in [0.717, 1.165) is 27.6 Å². The van der Waals surface area contributed by atoms with Crippen LogP contribution in [-0.2, 0) is 6.42 Å². The van der Waals surface area contributed by atoms with E-state index < -0.39 is 0 Å². The molecule has 0 aliphatic heterocycles. The second-order valence-electron chi connectivity index (χ2n) is 4.28. The van der Waals surface area contributed by atoms with Crippen molar-refractivity contribution in [3.63, 3.8) is 0 Å². The molecule has 2 nitrogen and oxygen atoms in total. The van der Waals surface area contributed by atoms with Gasteiger partial charge in [-0.05, 0) is 52.7 Å². The van der Waals surface area contributed by atoms with Gasteiger partial charge in [0.1, 0.15) is 0 Å². The molecule has 19 heavy (non-hydrogen) atoms. The fourth-order valence-electron chi connectivity index (χ4n) is 2.05. The largest absolute Gasteiger partial charge is 0.309 e. The summed E-state index contributed by atoms with van der Waals surface area (Å²) in [7, 11) is 0. The first-order valence-corrected chi connectivity index (χ1v) is 7.88. The number of likely N-dealkylation sites (N-methyl/N-ethyl adjacent to an activating group) is 1. The van der Waals surface area contributed by atoms with Crippen molar-refractivity contribution in [3.05, 3.63) is 62.8 Å². The first-order chi connectivity index (χ1) is 9.22. The summed E-state index contributed by atoms with van der Waals surface area (Å²) < 4.78 is 2.19. The number of hydrogen-bond donors (Lipinski definition) is 1. The zero-order valence-electron chi connectivity index (χ0n) is 10.7. The van der Waals surface area contributed by atoms with E-state index in [4.69, 9.17) is 0 Å². The van der Waals surface area contributed by atoms with Crippen LogP contribution in [0, 0.1) is 0 Å². The summed E-state index contributed by atoms with van der Waals surface area (Å²) in [5.41, 5.74) is 2.34. The summed E-state index contributed by atoms with van der Waals surface area (Å²) in [5.74, 6) is 0. The SMILES string of the molecule is CCNC(Cc1ccccc1Br)c1ncccc1Br. The molecule has 0 bridgehead atoms. The lowest BCUT2D eigenvalue weighted by molar-refractivity contribution is 0.534. The molecule has 0 saturated carbocycles. The van der Waals surface area contributed by atoms with Crippen molar-refractivity contribution in [2.45, 2.75) is 19.4 Å². The smallest absolute Gasteiger partial charge is 0.0718 e. The Hall–Kier alpha value is -0.710. The monoisotopic (exact) mass is 382 g/mol. The van der Waals surface area contributed by atoms with Crippen molar-refractivity contribution < 1.29 is 0 Å². The molecule has 0 saturated heterocycles. The molecule has 0 amide bonds. The molecule has 1 heterocycles. The highest BCUT2D eigenvalue weighted by Crippen LogP contribution is 2.26. The van der Waals surface area contributed by atoms with E-state index in [1.54, 1.807) is 0 Å². The van der Waals surface area contributed by atoms with Gasteiger partial charge in [0, 0.05) is 15.1 Å². The Kier molecular flexibility index (Phi) is 5.55. The van der Waals surface area contributed by atoms with E-state index in [1.165, 1.54) is 5.56 Å². The van der Waals surface area contributed by atoms with E-state index in [9.17, 15) is 0 Å². The minimum absolute atomic E-state index is 0.208. The summed E-state index contributed by atoms with van der Waals surface area (Å²) in [6, 6.07) is 12.5. The molecule has 1 atom stereocenters. The van der Waals surface area contributed by atoms with Crippen LogP contribution in [0.3, 0.4) is 0 Å². The zero-order chi connectivity index (χ0) is 13.7. The van der Waals surface area contributed by atoms with E-state index in [0.29, 0.717) is 0 Å². The second kappa shape index (κ2) is 7.17. The van der Waals surface area contributed by atoms with Crippen molar-refractivity contribution >= 4 is 31.9 Å². The van der Waals surface area contributed by atoms with Gasteiger partial charge in [0.15, 0.2) is 0 Å². The number of benzene rings is 1. The first kappa shape index (κ1) is 14.7. The molecule has 1 aromatic heterocycles. The van der Waals surface area contributed by atoms with E-state index >= 15 is 0 Å². The van der Waals surface area contributed by atoms with E-state index in [1.807, 2.05) is 24.4 Å². The van der Waals surface area contributed by atoms with E-state index in [2.05, 4.69) is 67.3 Å². The molecule has 0 spiro atoms. The molecule has 0 radical (unpaired) electrons. The third-order valence-electron chi connectivity index (χ3n) is 2.95. The number of aromatic nitrogens is 1. The molecule has 0 aliphatic rings. The molecule has 0 aliphatic carbocycles. The summed E-state index contributed by atoms with van der Waals surface area (Å²) in [4.78, 5) is 4.50. The highest BCUT2D eigenvalue weighted by atomic mass is 79.9. The Morgan fingerprint density at radius 3 is 2.53 bits per heavy atom. The number of rotatable bonds is 5. The highest BCUT2D eigenvalue weighted by molar-refractivity contribution is 9.10. The second-order valence-corrected chi connectivity index (χ2v) is 5.98. The van der Waals surface area contributed by atoms with Gasteiger partial charge in [-0.25, -0.2) is 0 Å². The van der Waals surface area contributed by atoms with Crippen molar-refractivity contribution in [2.75, 3.05) is 6.54 Å². The number of nitrogens with zero attached hydrogens (tertiary/aromatic N) is 1. The maximum absolute atomic E-state index is 4.50. The minimum Gasteiger partial charge on any atom is -0.309 e. The maximum atomic E-state index is 4.50. The highest BCUT2D eigenvalue weighted by Gasteiger charge is 2.16. The lowest BCUT2D eigenvalue weighted by Crippen LogP contribution is -2.24. The number of pyridine rings is 1. The van der Waals surface area contributed by atoms with Crippen molar-refractivity contribution in [1.82, 2.24) is 10.3 Å². The van der Waals surface area contributed by atoms with Crippen LogP contribution in [-0.4, -0.2) is 11.5 Å². The van der Waals surface area contributed by atoms with Crippen LogP contribution in [0.5, 0.6) is 0 Å². The Balaban J connectivity index is 2.27. The van der Waals surface area contributed by atoms with Crippen LogP contribution >= 0.6 is 31.9 Å². The average molecular weight is 384 g/mol. The van der Waals surface area contributed by atoms with Gasteiger partial charge < -0.3 is 5.32 Å². The van der Waals surface area contributed by atoms with Crippen molar-refractivity contribution in [2.24, 2.45) is 0 Å². The summed E-state index contributed by atoms with van der Waals surface area (Å²) >= 11 is 7.19. The lowest BCUT2D eigenvalue weighted by atomic mass is 10.0. The summed E-state index contributed by atoms with van der Waals surface area (Å²) in [6.45, 7) is 3.03. The molecule has 0 fully saturated rings. The Labute approximate surface area is 130 Å². The normalized spacial score (nSPS) is 12.4. The Morgan fingerprint density at radius 2 is 1.84 bits per heavy atom. The zero-order valence-corrected chi connectivity index (χ0v) is 13.9. The molecule has 4 heteroatoms. The number of halogens is 2. The van der Waals surface area contributed by atoms with Crippen LogP contribution in [0.15, 0.2) is 51.5 Å². The predicted octanol–water partition coefficient (Wildman–Crippen LogP) is 4.50. The van der Waals surface area contributed by atoms with Gasteiger partial charge in [0.05, 0.1) is 11.7 Å². The number of hydrogen-bond acceptors (Lipinski definition) is 2. The molecule has 100 valence electrons. The average Bonchev–Trinajstić information content (AvgIpc) is 2.41. The van der Waals surface area contributed by atoms with Gasteiger partial charge in [0.25, 0.3) is 0 Å². The standard InChI is InChI=1S/C15H16Br2N2/c1-2-18-14(15-13(17)8-5-9-19-15)10-11-6-3-4-7-12(11)16/h3-9,14,18H,2,10H2,1H3. The van der Waals surface area contributed by atoms with Gasteiger partial charge in [-0.3, -0.25) is 4.98 Å². The molecular weight excluding hydrogens is 368 g/mol. The van der Waals surface area contributed by atoms with Crippen LogP contribution in [0.1, 0.15) is 24.2 Å². The van der Waals surface area contributed by atoms with Gasteiger partial charge in [-0.2, -0.15) is 0 Å². The third-order valence-corrected chi connectivity index (χ3v) is 4.39. The molecule has 2 aromatic rings. The Morgan fingerprint density at radius 1 is 1.11 bits per heavy atom. The van der Waals surface area contributed by atoms with Crippen molar-refractivity contribution in [3.8, 4) is 0 Å². The van der Waals surface area contributed by atoms with Gasteiger partial charge in [0.2, 0.25) is 0 Å². The first-order valence-electron chi connectivity index (χ1n) is 6.29. The minimum atomic E-state index is 0.208. The number of nitrogens with one attached hydrogen (secondary N) is 1. The summed E-state index contributed by atoms with van der Waals surface area (Å²) in [6.07, 6.45) is 2.75. The fraction of sp³-hybridized carbons (Fsp3) is 0.267. The summed E-state index contributed by atoms with van der Waals surface area (Å²) in [5, 5.41) is 3.50. The van der Waals surface area contributed by atoms with Gasteiger partial charge in [-0.1, -0.05) is 41.1 Å². The molecule has 1 N–H and O–H groups in total. The lowest BCUT2D eigenvalue weighted by Gasteiger charge is -2.19. The topological polar surface area (TPSA) is 24.9 Å².